The lowest BCUT2D eigenvalue weighted by Gasteiger charge is -2.02. The van der Waals surface area contributed by atoms with Crippen LogP contribution in [-0.2, 0) is 0 Å². The standard InChI is InChI=1S/C19H14N2OS/c1-14-7-10-16(11-8-14)20-19(22)17-13-23-18(21-17)12-9-15-5-3-2-4-6-15/h2-8,10-11,13H,1H3,(H,20,22). The van der Waals surface area contributed by atoms with E-state index in [0.29, 0.717) is 10.7 Å². The molecule has 0 aliphatic carbocycles. The summed E-state index contributed by atoms with van der Waals surface area (Å²) in [4.78, 5) is 16.4. The van der Waals surface area contributed by atoms with E-state index in [0.717, 1.165) is 16.8 Å². The summed E-state index contributed by atoms with van der Waals surface area (Å²) in [5.41, 5.74) is 3.21. The highest BCUT2D eigenvalue weighted by Gasteiger charge is 2.10. The number of rotatable bonds is 2. The van der Waals surface area contributed by atoms with E-state index in [2.05, 4.69) is 22.1 Å². The van der Waals surface area contributed by atoms with Gasteiger partial charge in [0, 0.05) is 16.6 Å². The predicted octanol–water partition coefficient (Wildman–Crippen LogP) is 4.10. The van der Waals surface area contributed by atoms with Gasteiger partial charge < -0.3 is 5.32 Å². The van der Waals surface area contributed by atoms with E-state index >= 15 is 0 Å². The molecule has 0 bridgehead atoms. The second-order valence-electron chi connectivity index (χ2n) is 4.97. The van der Waals surface area contributed by atoms with Crippen LogP contribution in [0.3, 0.4) is 0 Å². The number of nitrogens with one attached hydrogen (secondary N) is 1. The van der Waals surface area contributed by atoms with E-state index < -0.39 is 0 Å². The Morgan fingerprint density at radius 3 is 2.52 bits per heavy atom. The minimum atomic E-state index is -0.224. The number of aromatic nitrogens is 1. The molecule has 0 spiro atoms. The highest BCUT2D eigenvalue weighted by atomic mass is 32.1. The summed E-state index contributed by atoms with van der Waals surface area (Å²) in [6, 6.07) is 17.3. The predicted molar refractivity (Wildman–Crippen MR) is 93.7 cm³/mol. The number of thiazole rings is 1. The smallest absolute Gasteiger partial charge is 0.275 e. The molecule has 3 aromatic rings. The largest absolute Gasteiger partial charge is 0.321 e. The third-order valence-corrected chi connectivity index (χ3v) is 3.89. The van der Waals surface area contributed by atoms with Crippen LogP contribution in [0.25, 0.3) is 0 Å². The molecule has 1 N–H and O–H groups in total. The average molecular weight is 318 g/mol. The Balaban J connectivity index is 1.70. The van der Waals surface area contributed by atoms with Gasteiger partial charge >= 0.3 is 0 Å². The van der Waals surface area contributed by atoms with E-state index in [1.165, 1.54) is 11.3 Å². The van der Waals surface area contributed by atoms with E-state index in [9.17, 15) is 4.79 Å². The third-order valence-electron chi connectivity index (χ3n) is 3.13. The number of anilines is 1. The van der Waals surface area contributed by atoms with Crippen LogP contribution < -0.4 is 5.32 Å². The molecule has 0 radical (unpaired) electrons. The third kappa shape index (κ3) is 4.06. The first-order valence-corrected chi connectivity index (χ1v) is 7.99. The maximum Gasteiger partial charge on any atom is 0.275 e. The zero-order valence-electron chi connectivity index (χ0n) is 12.5. The molecular formula is C19H14N2OS. The van der Waals surface area contributed by atoms with Crippen LogP contribution in [0.2, 0.25) is 0 Å². The summed E-state index contributed by atoms with van der Waals surface area (Å²) in [5.74, 6) is 5.80. The van der Waals surface area contributed by atoms with Gasteiger partial charge in [-0.1, -0.05) is 41.8 Å². The van der Waals surface area contributed by atoms with Crippen LogP contribution in [0.15, 0.2) is 60.0 Å². The normalized spacial score (nSPS) is 9.78. The number of amides is 1. The molecule has 112 valence electrons. The Kier molecular flexibility index (Phi) is 4.51. The Hall–Kier alpha value is -2.90. The molecule has 3 rings (SSSR count). The van der Waals surface area contributed by atoms with Crippen molar-refractivity contribution in [2.45, 2.75) is 6.92 Å². The van der Waals surface area contributed by atoms with Gasteiger partial charge in [0.15, 0.2) is 5.01 Å². The molecule has 0 aliphatic heterocycles. The van der Waals surface area contributed by atoms with Crippen molar-refractivity contribution in [1.82, 2.24) is 4.98 Å². The van der Waals surface area contributed by atoms with Crippen molar-refractivity contribution in [3.63, 3.8) is 0 Å². The van der Waals surface area contributed by atoms with Crippen molar-refractivity contribution >= 4 is 22.9 Å². The molecule has 4 heteroatoms. The van der Waals surface area contributed by atoms with Crippen LogP contribution in [0.5, 0.6) is 0 Å². The van der Waals surface area contributed by atoms with Gasteiger partial charge in [-0.05, 0) is 37.1 Å². The Morgan fingerprint density at radius 2 is 1.78 bits per heavy atom. The Labute approximate surface area is 139 Å². The molecule has 0 fully saturated rings. The van der Waals surface area contributed by atoms with Crippen molar-refractivity contribution in [2.24, 2.45) is 0 Å². The Morgan fingerprint density at radius 1 is 1.04 bits per heavy atom. The first-order valence-electron chi connectivity index (χ1n) is 7.11. The molecule has 1 amide bonds. The molecule has 0 atom stereocenters. The van der Waals surface area contributed by atoms with Crippen molar-refractivity contribution < 1.29 is 4.79 Å². The SMILES string of the molecule is Cc1ccc(NC(=O)c2csc(C#Cc3ccccc3)n2)cc1. The van der Waals surface area contributed by atoms with Crippen molar-refractivity contribution in [2.75, 3.05) is 5.32 Å². The topological polar surface area (TPSA) is 42.0 Å². The number of nitrogens with zero attached hydrogens (tertiary/aromatic N) is 1. The highest BCUT2D eigenvalue weighted by Crippen LogP contribution is 2.13. The molecule has 2 aromatic carbocycles. The number of carbonyl (C=O) groups is 1. The second-order valence-corrected chi connectivity index (χ2v) is 5.83. The molecule has 0 saturated carbocycles. The van der Waals surface area contributed by atoms with Crippen LogP contribution in [0.4, 0.5) is 5.69 Å². The van der Waals surface area contributed by atoms with Gasteiger partial charge in [-0.2, -0.15) is 0 Å². The van der Waals surface area contributed by atoms with E-state index in [1.54, 1.807) is 5.38 Å². The molecule has 3 nitrogen and oxygen atoms in total. The summed E-state index contributed by atoms with van der Waals surface area (Å²) < 4.78 is 0. The molecular weight excluding hydrogens is 304 g/mol. The number of aryl methyl sites for hydroxylation is 1. The average Bonchev–Trinajstić information content (AvgIpc) is 3.05. The minimum Gasteiger partial charge on any atom is -0.321 e. The van der Waals surface area contributed by atoms with Gasteiger partial charge in [-0.25, -0.2) is 4.98 Å². The molecule has 23 heavy (non-hydrogen) atoms. The van der Waals surface area contributed by atoms with Gasteiger partial charge in [0.2, 0.25) is 0 Å². The molecule has 0 unspecified atom stereocenters. The maximum atomic E-state index is 12.2. The lowest BCUT2D eigenvalue weighted by molar-refractivity contribution is 0.102. The van der Waals surface area contributed by atoms with E-state index in [1.807, 2.05) is 61.5 Å². The first-order chi connectivity index (χ1) is 11.2. The first kappa shape index (κ1) is 15.0. The van der Waals surface area contributed by atoms with Gasteiger partial charge in [-0.15, -0.1) is 11.3 Å². The summed E-state index contributed by atoms with van der Waals surface area (Å²) in [6.07, 6.45) is 0. The quantitative estimate of drug-likeness (QED) is 0.723. The van der Waals surface area contributed by atoms with Crippen molar-refractivity contribution in [3.8, 4) is 11.8 Å². The fraction of sp³-hybridized carbons (Fsp3) is 0.0526. The molecule has 0 saturated heterocycles. The van der Waals surface area contributed by atoms with Crippen molar-refractivity contribution in [3.05, 3.63) is 81.8 Å². The lowest BCUT2D eigenvalue weighted by Crippen LogP contribution is -2.12. The number of hydrogen-bond acceptors (Lipinski definition) is 3. The number of hydrogen-bond donors (Lipinski definition) is 1. The molecule has 0 aliphatic rings. The van der Waals surface area contributed by atoms with Crippen molar-refractivity contribution in [1.29, 1.82) is 0 Å². The Bertz CT molecular complexity index is 871. The highest BCUT2D eigenvalue weighted by molar-refractivity contribution is 7.10. The zero-order chi connectivity index (χ0) is 16.1. The summed E-state index contributed by atoms with van der Waals surface area (Å²) in [7, 11) is 0. The fourth-order valence-corrected chi connectivity index (χ4v) is 2.56. The fourth-order valence-electron chi connectivity index (χ4n) is 1.91. The minimum absolute atomic E-state index is 0.224. The van der Waals surface area contributed by atoms with Crippen LogP contribution in [0.1, 0.15) is 26.6 Å². The monoisotopic (exact) mass is 318 g/mol. The van der Waals surface area contributed by atoms with Gasteiger partial charge in [0.05, 0.1) is 0 Å². The lowest BCUT2D eigenvalue weighted by atomic mass is 10.2. The van der Waals surface area contributed by atoms with Gasteiger partial charge in [0.1, 0.15) is 5.69 Å². The van der Waals surface area contributed by atoms with Gasteiger partial charge in [0.25, 0.3) is 5.91 Å². The summed E-state index contributed by atoms with van der Waals surface area (Å²) >= 11 is 1.36. The van der Waals surface area contributed by atoms with E-state index in [-0.39, 0.29) is 5.91 Å². The molecule has 1 aromatic heterocycles. The van der Waals surface area contributed by atoms with Crippen LogP contribution in [0, 0.1) is 18.8 Å². The van der Waals surface area contributed by atoms with Crippen LogP contribution >= 0.6 is 11.3 Å². The van der Waals surface area contributed by atoms with Crippen LogP contribution in [-0.4, -0.2) is 10.9 Å². The zero-order valence-corrected chi connectivity index (χ0v) is 13.4. The maximum absolute atomic E-state index is 12.2. The number of benzene rings is 2. The van der Waals surface area contributed by atoms with Gasteiger partial charge in [-0.3, -0.25) is 4.79 Å². The molecule has 1 heterocycles. The second kappa shape index (κ2) is 6.91. The van der Waals surface area contributed by atoms with E-state index in [4.69, 9.17) is 0 Å². The number of carbonyl (C=O) groups excluding carboxylic acids is 1. The summed E-state index contributed by atoms with van der Waals surface area (Å²) in [5, 5.41) is 5.18. The summed E-state index contributed by atoms with van der Waals surface area (Å²) in [6.45, 7) is 2.00.